The Balaban J connectivity index is 2.58. The van der Waals surface area contributed by atoms with Crippen LogP contribution in [0.1, 0.15) is 27.7 Å². The van der Waals surface area contributed by atoms with Crippen LogP contribution in [0, 0.1) is 0 Å². The molecule has 0 aromatic heterocycles. The fourth-order valence-electron chi connectivity index (χ4n) is 1.92. The summed E-state index contributed by atoms with van der Waals surface area (Å²) in [7, 11) is 0. The van der Waals surface area contributed by atoms with E-state index in [2.05, 4.69) is 118 Å². The maximum absolute atomic E-state index is 6.26. The third kappa shape index (κ3) is 2.27. The first-order chi connectivity index (χ1) is 7.54. The molecule has 1 spiro atoms. The Morgan fingerprint density at radius 3 is 1.12 bits per heavy atom. The van der Waals surface area contributed by atoms with Crippen molar-refractivity contribution >= 4 is 90.4 Å². The molecule has 2 aliphatic rings. The van der Waals surface area contributed by atoms with Gasteiger partial charge in [-0.15, -0.1) is 0 Å². The van der Waals surface area contributed by atoms with Crippen molar-refractivity contribution in [3.8, 4) is 0 Å². The molecule has 0 aliphatic carbocycles. The van der Waals surface area contributed by atoms with E-state index in [9.17, 15) is 0 Å². The molecular formula is C11H12I4O2. The molecule has 0 fully saturated rings. The summed E-state index contributed by atoms with van der Waals surface area (Å²) in [6.07, 6.45) is 0. The van der Waals surface area contributed by atoms with E-state index in [0.29, 0.717) is 0 Å². The van der Waals surface area contributed by atoms with Crippen LogP contribution in [-0.2, 0) is 9.47 Å². The summed E-state index contributed by atoms with van der Waals surface area (Å²) in [5.74, 6) is -0.666. The molecule has 0 aromatic carbocycles. The Labute approximate surface area is 156 Å². The summed E-state index contributed by atoms with van der Waals surface area (Å²) >= 11 is 9.46. The number of hydrogen-bond donors (Lipinski definition) is 0. The number of halogens is 4. The number of rotatable bonds is 0. The summed E-state index contributed by atoms with van der Waals surface area (Å²) in [4.78, 5) is 0. The second-order valence-corrected chi connectivity index (χ2v) is 9.41. The number of hydrogen-bond acceptors (Lipinski definition) is 2. The normalized spacial score (nSPS) is 29.6. The van der Waals surface area contributed by atoms with Gasteiger partial charge in [-0.2, -0.15) is 0 Å². The van der Waals surface area contributed by atoms with E-state index < -0.39 is 5.79 Å². The van der Waals surface area contributed by atoms with Crippen LogP contribution >= 0.6 is 90.4 Å². The van der Waals surface area contributed by atoms with Crippen molar-refractivity contribution in [2.45, 2.75) is 44.7 Å². The third-order valence-electron chi connectivity index (χ3n) is 2.82. The molecule has 2 aliphatic heterocycles. The first-order valence-corrected chi connectivity index (χ1v) is 9.39. The first kappa shape index (κ1) is 15.7. The van der Waals surface area contributed by atoms with Gasteiger partial charge in [0.05, 0.1) is 18.4 Å². The molecule has 0 saturated heterocycles. The average molecular weight is 684 g/mol. The topological polar surface area (TPSA) is 18.5 Å². The SMILES string of the molecule is CC1(C)OC2(OC(C)(C)C(I)=C2I)C(I)=C1I. The van der Waals surface area contributed by atoms with Crippen molar-refractivity contribution in [3.05, 3.63) is 14.3 Å². The minimum absolute atomic E-state index is 0.273. The molecule has 0 N–H and O–H groups in total. The van der Waals surface area contributed by atoms with Crippen molar-refractivity contribution < 1.29 is 9.47 Å². The van der Waals surface area contributed by atoms with Gasteiger partial charge in [0.2, 0.25) is 5.79 Å². The van der Waals surface area contributed by atoms with Gasteiger partial charge in [-0.1, -0.05) is 0 Å². The highest BCUT2D eigenvalue weighted by atomic mass is 127. The molecular weight excluding hydrogens is 672 g/mol. The lowest BCUT2D eigenvalue weighted by Gasteiger charge is -2.32. The van der Waals surface area contributed by atoms with Crippen LogP contribution < -0.4 is 0 Å². The highest BCUT2D eigenvalue weighted by Gasteiger charge is 2.59. The van der Waals surface area contributed by atoms with E-state index in [0.717, 1.165) is 7.16 Å². The Morgan fingerprint density at radius 1 is 0.647 bits per heavy atom. The maximum Gasteiger partial charge on any atom is 0.237 e. The molecule has 0 aromatic rings. The van der Waals surface area contributed by atoms with Crippen LogP contribution in [0.15, 0.2) is 14.3 Å². The summed E-state index contributed by atoms with van der Waals surface area (Å²) in [6.45, 7) is 8.36. The second kappa shape index (κ2) is 4.67. The van der Waals surface area contributed by atoms with Crippen molar-refractivity contribution in [3.63, 3.8) is 0 Å². The van der Waals surface area contributed by atoms with E-state index in [4.69, 9.17) is 9.47 Å². The fraction of sp³-hybridized carbons (Fsp3) is 0.636. The highest BCUT2D eigenvalue weighted by Crippen LogP contribution is 2.60. The zero-order valence-corrected chi connectivity index (χ0v) is 18.5. The van der Waals surface area contributed by atoms with Gasteiger partial charge < -0.3 is 9.47 Å². The molecule has 17 heavy (non-hydrogen) atoms. The Bertz CT molecular complexity index is 406. The fourth-order valence-corrected chi connectivity index (χ4v) is 5.65. The summed E-state index contributed by atoms with van der Waals surface area (Å²) in [5, 5.41) is 0. The summed E-state index contributed by atoms with van der Waals surface area (Å²) in [6, 6.07) is 0. The monoisotopic (exact) mass is 684 g/mol. The van der Waals surface area contributed by atoms with Crippen LogP contribution in [0.2, 0.25) is 0 Å². The Morgan fingerprint density at radius 2 is 0.941 bits per heavy atom. The molecule has 6 heteroatoms. The van der Waals surface area contributed by atoms with Crippen molar-refractivity contribution in [1.29, 1.82) is 0 Å². The molecule has 2 rings (SSSR count). The first-order valence-electron chi connectivity index (χ1n) is 5.07. The zero-order valence-electron chi connectivity index (χ0n) is 9.83. The lowest BCUT2D eigenvalue weighted by molar-refractivity contribution is -0.222. The van der Waals surface area contributed by atoms with Gasteiger partial charge in [0.15, 0.2) is 0 Å². The largest absolute Gasteiger partial charge is 0.330 e. The van der Waals surface area contributed by atoms with Crippen molar-refractivity contribution in [2.24, 2.45) is 0 Å². The lowest BCUT2D eigenvalue weighted by Crippen LogP contribution is -2.39. The Hall–Kier alpha value is 2.32. The summed E-state index contributed by atoms with van der Waals surface area (Å²) < 4.78 is 17.3. The van der Waals surface area contributed by atoms with Crippen molar-refractivity contribution in [1.82, 2.24) is 0 Å². The smallest absolute Gasteiger partial charge is 0.237 e. The van der Waals surface area contributed by atoms with E-state index in [1.807, 2.05) is 0 Å². The van der Waals surface area contributed by atoms with Gasteiger partial charge in [-0.25, -0.2) is 0 Å². The van der Waals surface area contributed by atoms with Gasteiger partial charge in [0.1, 0.15) is 0 Å². The van der Waals surface area contributed by atoms with Crippen LogP contribution in [0.4, 0.5) is 0 Å². The van der Waals surface area contributed by atoms with E-state index in [1.165, 1.54) is 7.16 Å². The minimum atomic E-state index is -0.666. The molecule has 96 valence electrons. The highest BCUT2D eigenvalue weighted by molar-refractivity contribution is 14.1. The van der Waals surface area contributed by atoms with E-state index in [-0.39, 0.29) is 11.2 Å². The number of ether oxygens (including phenoxy) is 2. The van der Waals surface area contributed by atoms with Gasteiger partial charge in [0.25, 0.3) is 0 Å². The molecule has 2 heterocycles. The molecule has 0 atom stereocenters. The predicted molar refractivity (Wildman–Crippen MR) is 103 cm³/mol. The molecule has 2 nitrogen and oxygen atoms in total. The van der Waals surface area contributed by atoms with Crippen LogP contribution in [-0.4, -0.2) is 17.0 Å². The molecule has 0 radical (unpaired) electrons. The molecule has 0 saturated carbocycles. The molecule has 0 unspecified atom stereocenters. The van der Waals surface area contributed by atoms with Crippen LogP contribution in [0.5, 0.6) is 0 Å². The van der Waals surface area contributed by atoms with Crippen LogP contribution in [0.25, 0.3) is 0 Å². The molecule has 0 bridgehead atoms. The average Bonchev–Trinajstić information content (AvgIpc) is 2.47. The van der Waals surface area contributed by atoms with Crippen LogP contribution in [0.3, 0.4) is 0 Å². The van der Waals surface area contributed by atoms with Gasteiger partial charge in [0, 0.05) is 7.16 Å². The minimum Gasteiger partial charge on any atom is -0.330 e. The Kier molecular flexibility index (Phi) is 4.31. The third-order valence-corrected chi connectivity index (χ3v) is 11.1. The van der Waals surface area contributed by atoms with E-state index >= 15 is 0 Å². The van der Waals surface area contributed by atoms with Crippen molar-refractivity contribution in [2.75, 3.05) is 0 Å². The second-order valence-electron chi connectivity index (χ2n) is 5.10. The van der Waals surface area contributed by atoms with Gasteiger partial charge in [-0.3, -0.25) is 0 Å². The lowest BCUT2D eigenvalue weighted by atomic mass is 10.1. The zero-order chi connectivity index (χ0) is 13.2. The quantitative estimate of drug-likeness (QED) is 0.316. The molecule has 0 amide bonds. The van der Waals surface area contributed by atoms with Gasteiger partial charge >= 0.3 is 0 Å². The van der Waals surface area contributed by atoms with Gasteiger partial charge in [-0.05, 0) is 118 Å². The summed E-state index contributed by atoms with van der Waals surface area (Å²) in [5.41, 5.74) is -0.546. The van der Waals surface area contributed by atoms with E-state index in [1.54, 1.807) is 0 Å². The predicted octanol–water partition coefficient (Wildman–Crippen LogP) is 5.46. The maximum atomic E-state index is 6.26. The standard InChI is InChI=1S/C11H12I4O2/c1-9(2)5(12)7(14)11(16-9)8(15)6(13)10(3,4)17-11/h1-4H3.